The highest BCUT2D eigenvalue weighted by atomic mass is 16.1. The monoisotopic (exact) mass is 535 g/mol. The molecule has 3 heterocycles. The zero-order valence-corrected chi connectivity index (χ0v) is 23.7. The van der Waals surface area contributed by atoms with Crippen molar-refractivity contribution in [3.05, 3.63) is 35.2 Å². The number of nitrogens with two attached hydrogens (primary N) is 2. The molecule has 39 heavy (non-hydrogen) atoms. The summed E-state index contributed by atoms with van der Waals surface area (Å²) in [5.41, 5.74) is 16.2. The van der Waals surface area contributed by atoms with Crippen LogP contribution < -0.4 is 27.0 Å². The van der Waals surface area contributed by atoms with E-state index in [4.69, 9.17) is 16.5 Å². The molecule has 5 rings (SSSR count). The Labute approximate surface area is 232 Å². The lowest BCUT2D eigenvalue weighted by atomic mass is 10.0. The summed E-state index contributed by atoms with van der Waals surface area (Å²) in [6, 6.07) is 7.26. The van der Waals surface area contributed by atoms with E-state index in [2.05, 4.69) is 62.5 Å². The number of anilines is 4. The van der Waals surface area contributed by atoms with Crippen molar-refractivity contribution in [3.8, 4) is 0 Å². The molecule has 1 aromatic carbocycles. The van der Waals surface area contributed by atoms with Crippen molar-refractivity contribution in [3.63, 3.8) is 0 Å². The molecule has 6 N–H and O–H groups in total. The van der Waals surface area contributed by atoms with Crippen LogP contribution in [0.5, 0.6) is 0 Å². The molecule has 3 aliphatic rings. The maximum atomic E-state index is 12.3. The van der Waals surface area contributed by atoms with E-state index in [1.807, 2.05) is 6.92 Å². The van der Waals surface area contributed by atoms with E-state index in [1.54, 1.807) is 0 Å². The molecule has 10 nitrogen and oxygen atoms in total. The zero-order valence-electron chi connectivity index (χ0n) is 23.7. The van der Waals surface area contributed by atoms with Crippen molar-refractivity contribution in [2.75, 3.05) is 61.8 Å². The second-order valence-electron chi connectivity index (χ2n) is 11.5. The lowest BCUT2D eigenvalue weighted by molar-refractivity contribution is 0.0982. The van der Waals surface area contributed by atoms with Crippen LogP contribution in [0, 0.1) is 6.92 Å². The molecule has 1 aromatic heterocycles. The number of carbonyl (C=O) groups is 1. The molecule has 0 bridgehead atoms. The van der Waals surface area contributed by atoms with Crippen LogP contribution in [-0.2, 0) is 6.42 Å². The van der Waals surface area contributed by atoms with Crippen LogP contribution in [0.3, 0.4) is 0 Å². The van der Waals surface area contributed by atoms with E-state index in [0.29, 0.717) is 24.1 Å². The highest BCUT2D eigenvalue weighted by Gasteiger charge is 2.28. The summed E-state index contributed by atoms with van der Waals surface area (Å²) in [7, 11) is 2.21. The first kappa shape index (κ1) is 27.6. The molecular weight excluding hydrogens is 490 g/mol. The number of carbonyl (C=O) groups excluding carboxylic acids is 1. The number of amides is 1. The third kappa shape index (κ3) is 6.28. The number of hydrogen-bond acceptors (Lipinski definition) is 9. The number of likely N-dealkylation sites (N-methyl/N-ethyl adjacent to an activating group) is 1. The van der Waals surface area contributed by atoms with Crippen LogP contribution in [-0.4, -0.2) is 90.1 Å². The Balaban J connectivity index is 1.29. The molecule has 2 aliphatic heterocycles. The average Bonchev–Trinajstić information content (AvgIpc) is 3.33. The summed E-state index contributed by atoms with van der Waals surface area (Å²) in [6.07, 6.45) is 6.13. The molecule has 1 aliphatic carbocycles. The van der Waals surface area contributed by atoms with E-state index < -0.39 is 5.91 Å². The van der Waals surface area contributed by atoms with Crippen LogP contribution in [0.15, 0.2) is 18.2 Å². The molecule has 2 aromatic rings. The van der Waals surface area contributed by atoms with Crippen molar-refractivity contribution < 1.29 is 4.79 Å². The molecule has 0 spiro atoms. The topological polar surface area (TPSA) is 129 Å². The van der Waals surface area contributed by atoms with Crippen molar-refractivity contribution in [2.24, 2.45) is 11.5 Å². The Hall–Kier alpha value is -2.95. The average molecular weight is 536 g/mol. The molecule has 1 saturated carbocycles. The summed E-state index contributed by atoms with van der Waals surface area (Å²) in [5.74, 6) is 0.443. The lowest BCUT2D eigenvalue weighted by Gasteiger charge is -2.43. The molecular formula is C29H45N9O. The summed E-state index contributed by atoms with van der Waals surface area (Å²) in [4.78, 5) is 29.3. The van der Waals surface area contributed by atoms with Crippen LogP contribution in [0.2, 0.25) is 0 Å². The highest BCUT2D eigenvalue weighted by molar-refractivity contribution is 5.96. The van der Waals surface area contributed by atoms with Gasteiger partial charge in [0.15, 0.2) is 17.3 Å². The number of rotatable bonds is 8. The first-order chi connectivity index (χ1) is 18.8. The maximum absolute atomic E-state index is 12.3. The third-order valence-electron chi connectivity index (χ3n) is 8.75. The van der Waals surface area contributed by atoms with Gasteiger partial charge in [0.25, 0.3) is 5.91 Å². The van der Waals surface area contributed by atoms with E-state index >= 15 is 0 Å². The van der Waals surface area contributed by atoms with Gasteiger partial charge >= 0.3 is 0 Å². The fourth-order valence-electron chi connectivity index (χ4n) is 6.32. The zero-order chi connectivity index (χ0) is 27.5. The molecule has 2 atom stereocenters. The van der Waals surface area contributed by atoms with E-state index in [-0.39, 0.29) is 17.8 Å². The number of aryl methyl sites for hydroxylation is 2. The van der Waals surface area contributed by atoms with E-state index in [9.17, 15) is 4.79 Å². The van der Waals surface area contributed by atoms with Crippen molar-refractivity contribution >= 4 is 28.9 Å². The molecule has 0 radical (unpaired) electrons. The molecule has 0 unspecified atom stereocenters. The van der Waals surface area contributed by atoms with Crippen LogP contribution in [0.4, 0.5) is 23.0 Å². The number of aromatic nitrogens is 2. The van der Waals surface area contributed by atoms with Gasteiger partial charge in [0.05, 0.1) is 5.69 Å². The molecule has 1 amide bonds. The van der Waals surface area contributed by atoms with E-state index in [0.717, 1.165) is 43.7 Å². The Kier molecular flexibility index (Phi) is 8.54. The first-order valence-electron chi connectivity index (χ1n) is 14.6. The number of benzene rings is 1. The Bertz CT molecular complexity index is 1160. The van der Waals surface area contributed by atoms with Crippen molar-refractivity contribution in [1.82, 2.24) is 19.8 Å². The number of nitrogens with one attached hydrogen (secondary N) is 2. The maximum Gasteiger partial charge on any atom is 0.271 e. The minimum atomic E-state index is -0.597. The molecule has 10 heteroatoms. The number of hydrogen-bond donors (Lipinski definition) is 4. The summed E-state index contributed by atoms with van der Waals surface area (Å²) in [6.45, 7) is 11.0. The first-order valence-corrected chi connectivity index (χ1v) is 14.6. The van der Waals surface area contributed by atoms with E-state index in [1.165, 1.54) is 50.3 Å². The minimum absolute atomic E-state index is 0.0885. The van der Waals surface area contributed by atoms with Gasteiger partial charge in [-0.2, -0.15) is 0 Å². The highest BCUT2D eigenvalue weighted by Crippen LogP contribution is 2.31. The standard InChI is InChI=1S/C29H45N9O/c1-4-23-28(34-24-7-5-6-22(24)30)35-29(26(33-23)27(31)39)32-20-8-9-25(19(2)18-20)38-12-10-21(11-13-38)37-16-14-36(3)15-17-37/h8-9,18,21-22,24H,4-7,10-17,30H2,1-3H3,(H2,31,39)(H2,32,34,35)/t22-,24-/m0/s1. The minimum Gasteiger partial charge on any atom is -0.371 e. The van der Waals surface area contributed by atoms with Gasteiger partial charge in [0.1, 0.15) is 0 Å². The Morgan fingerprint density at radius 1 is 1.03 bits per heavy atom. The Morgan fingerprint density at radius 3 is 2.38 bits per heavy atom. The summed E-state index contributed by atoms with van der Waals surface area (Å²) >= 11 is 0. The smallest absolute Gasteiger partial charge is 0.271 e. The van der Waals surface area contributed by atoms with Gasteiger partial charge in [-0.3, -0.25) is 9.69 Å². The second-order valence-corrected chi connectivity index (χ2v) is 11.5. The van der Waals surface area contributed by atoms with Gasteiger partial charge in [-0.15, -0.1) is 0 Å². The van der Waals surface area contributed by atoms with Gasteiger partial charge in [0.2, 0.25) is 0 Å². The lowest BCUT2D eigenvalue weighted by Crippen LogP contribution is -2.52. The summed E-state index contributed by atoms with van der Waals surface area (Å²) < 4.78 is 0. The van der Waals surface area contributed by atoms with Crippen molar-refractivity contribution in [2.45, 2.75) is 70.5 Å². The Morgan fingerprint density at radius 2 is 1.77 bits per heavy atom. The number of piperidine rings is 1. The second kappa shape index (κ2) is 12.1. The molecule has 3 fully saturated rings. The van der Waals surface area contributed by atoms with Gasteiger partial charge in [0, 0.05) is 68.8 Å². The SMILES string of the molecule is CCc1nc(C(N)=O)c(Nc2ccc(N3CCC(N4CCN(C)CC4)CC3)c(C)c2)nc1N[C@H]1CCC[C@@H]1N. The fraction of sp³-hybridized carbons (Fsp3) is 0.621. The summed E-state index contributed by atoms with van der Waals surface area (Å²) in [5, 5.41) is 6.82. The van der Waals surface area contributed by atoms with Crippen LogP contribution in [0.25, 0.3) is 0 Å². The van der Waals surface area contributed by atoms with Crippen LogP contribution in [0.1, 0.15) is 60.8 Å². The van der Waals surface area contributed by atoms with Gasteiger partial charge in [-0.1, -0.05) is 6.92 Å². The largest absolute Gasteiger partial charge is 0.371 e. The third-order valence-corrected chi connectivity index (χ3v) is 8.75. The predicted octanol–water partition coefficient (Wildman–Crippen LogP) is 2.70. The van der Waals surface area contributed by atoms with Gasteiger partial charge in [-0.25, -0.2) is 9.97 Å². The number of piperazine rings is 1. The van der Waals surface area contributed by atoms with Crippen molar-refractivity contribution in [1.29, 1.82) is 0 Å². The van der Waals surface area contributed by atoms with Crippen LogP contribution >= 0.6 is 0 Å². The number of nitrogens with zero attached hydrogens (tertiary/aromatic N) is 5. The quantitative estimate of drug-likeness (QED) is 0.403. The predicted molar refractivity (Wildman–Crippen MR) is 158 cm³/mol. The van der Waals surface area contributed by atoms with Gasteiger partial charge < -0.3 is 31.9 Å². The fourth-order valence-corrected chi connectivity index (χ4v) is 6.32. The normalized spacial score (nSPS) is 23.2. The van der Waals surface area contributed by atoms with Gasteiger partial charge in [-0.05, 0) is 76.3 Å². The number of primary amides is 1. The molecule has 2 saturated heterocycles. The molecule has 212 valence electrons.